The van der Waals surface area contributed by atoms with Gasteiger partial charge in [-0.1, -0.05) is 36.4 Å². The maximum absolute atomic E-state index is 11.3. The first-order valence-electron chi connectivity index (χ1n) is 7.37. The zero-order valence-corrected chi connectivity index (χ0v) is 13.4. The Labute approximate surface area is 139 Å². The minimum atomic E-state index is -0.516. The van der Waals surface area contributed by atoms with Crippen molar-refractivity contribution < 1.29 is 14.5 Å². The van der Waals surface area contributed by atoms with Crippen LogP contribution in [0, 0.1) is 10.1 Å². The van der Waals surface area contributed by atoms with Gasteiger partial charge in [0.15, 0.2) is 0 Å². The third-order valence-corrected chi connectivity index (χ3v) is 3.50. The molecule has 0 aromatic heterocycles. The summed E-state index contributed by atoms with van der Waals surface area (Å²) < 4.78 is 4.50. The fourth-order valence-electron chi connectivity index (χ4n) is 2.22. The summed E-state index contributed by atoms with van der Waals surface area (Å²) in [5.74, 6) is -0.516. The molecule has 0 radical (unpaired) electrons. The minimum absolute atomic E-state index is 0.0511. The molecule has 2 rings (SSSR count). The molecule has 0 amide bonds. The van der Waals surface area contributed by atoms with Crippen molar-refractivity contribution in [3.63, 3.8) is 0 Å². The molecule has 0 aliphatic rings. The molecule has 0 saturated heterocycles. The van der Waals surface area contributed by atoms with Gasteiger partial charge in [-0.25, -0.2) is 4.79 Å². The van der Waals surface area contributed by atoms with Gasteiger partial charge in [-0.2, -0.15) is 0 Å². The van der Waals surface area contributed by atoms with Gasteiger partial charge in [0.25, 0.3) is 5.69 Å². The third kappa shape index (κ3) is 4.42. The standard InChI is InChI=1S/C18H18N2O4/c1-13(15-6-4-3-5-7-15)19-16-10-8-14(9-11-18(21)24-2)12-17(16)20(22)23/h3-13,19H,1-2H3/b11-9+/t13-/m0/s1. The van der Waals surface area contributed by atoms with Crippen molar-refractivity contribution in [2.45, 2.75) is 13.0 Å². The maximum atomic E-state index is 11.3. The fourth-order valence-corrected chi connectivity index (χ4v) is 2.22. The highest BCUT2D eigenvalue weighted by Gasteiger charge is 2.16. The minimum Gasteiger partial charge on any atom is -0.466 e. The molecule has 24 heavy (non-hydrogen) atoms. The van der Waals surface area contributed by atoms with E-state index in [2.05, 4.69) is 10.1 Å². The zero-order chi connectivity index (χ0) is 17.5. The predicted octanol–water partition coefficient (Wildman–Crippen LogP) is 3.95. The van der Waals surface area contributed by atoms with E-state index >= 15 is 0 Å². The number of benzene rings is 2. The molecule has 6 heteroatoms. The van der Waals surface area contributed by atoms with E-state index in [-0.39, 0.29) is 11.7 Å². The normalized spacial score (nSPS) is 11.9. The Morgan fingerprint density at radius 2 is 1.96 bits per heavy atom. The number of nitro benzene ring substituents is 1. The van der Waals surface area contributed by atoms with E-state index in [4.69, 9.17) is 0 Å². The van der Waals surface area contributed by atoms with Gasteiger partial charge in [0.05, 0.1) is 12.0 Å². The van der Waals surface area contributed by atoms with Crippen LogP contribution < -0.4 is 5.32 Å². The van der Waals surface area contributed by atoms with Crippen LogP contribution in [-0.2, 0) is 9.53 Å². The van der Waals surface area contributed by atoms with Gasteiger partial charge in [0.2, 0.25) is 0 Å². The number of nitrogens with zero attached hydrogens (tertiary/aromatic N) is 1. The first-order valence-corrected chi connectivity index (χ1v) is 7.37. The van der Waals surface area contributed by atoms with Crippen LogP contribution in [0.2, 0.25) is 0 Å². The summed E-state index contributed by atoms with van der Waals surface area (Å²) in [6, 6.07) is 14.3. The molecule has 1 atom stereocenters. The topological polar surface area (TPSA) is 81.5 Å². The highest BCUT2D eigenvalue weighted by molar-refractivity contribution is 5.87. The van der Waals surface area contributed by atoms with Gasteiger partial charge in [0, 0.05) is 18.2 Å². The lowest BCUT2D eigenvalue weighted by molar-refractivity contribution is -0.384. The van der Waals surface area contributed by atoms with Gasteiger partial charge in [-0.3, -0.25) is 10.1 Å². The molecule has 0 saturated carbocycles. The molecule has 0 aliphatic heterocycles. The molecule has 0 fully saturated rings. The molecule has 2 aromatic rings. The molecule has 2 aromatic carbocycles. The summed E-state index contributed by atoms with van der Waals surface area (Å²) >= 11 is 0. The smallest absolute Gasteiger partial charge is 0.330 e. The number of hydrogen-bond acceptors (Lipinski definition) is 5. The van der Waals surface area contributed by atoms with Crippen molar-refractivity contribution >= 4 is 23.4 Å². The second-order valence-electron chi connectivity index (χ2n) is 5.17. The van der Waals surface area contributed by atoms with E-state index in [0.717, 1.165) is 5.56 Å². The van der Waals surface area contributed by atoms with Crippen LogP contribution in [0.15, 0.2) is 54.6 Å². The average molecular weight is 326 g/mol. The van der Waals surface area contributed by atoms with Crippen LogP contribution in [0.5, 0.6) is 0 Å². The summed E-state index contributed by atoms with van der Waals surface area (Å²) in [6.45, 7) is 1.93. The van der Waals surface area contributed by atoms with Crippen molar-refractivity contribution in [3.05, 3.63) is 75.8 Å². The number of rotatable bonds is 6. The van der Waals surface area contributed by atoms with Crippen molar-refractivity contribution in [2.24, 2.45) is 0 Å². The van der Waals surface area contributed by atoms with Gasteiger partial charge >= 0.3 is 5.97 Å². The van der Waals surface area contributed by atoms with E-state index in [0.29, 0.717) is 11.3 Å². The number of hydrogen-bond donors (Lipinski definition) is 1. The summed E-state index contributed by atoms with van der Waals surface area (Å²) in [7, 11) is 1.27. The number of carbonyl (C=O) groups is 1. The second-order valence-corrected chi connectivity index (χ2v) is 5.17. The molecule has 1 N–H and O–H groups in total. The second kappa shape index (κ2) is 7.92. The van der Waals surface area contributed by atoms with Crippen molar-refractivity contribution in [2.75, 3.05) is 12.4 Å². The number of methoxy groups -OCH3 is 1. The quantitative estimate of drug-likeness (QED) is 0.376. The molecular weight excluding hydrogens is 308 g/mol. The lowest BCUT2D eigenvalue weighted by atomic mass is 10.1. The van der Waals surface area contributed by atoms with Gasteiger partial charge in [-0.15, -0.1) is 0 Å². The van der Waals surface area contributed by atoms with Crippen molar-refractivity contribution in [1.29, 1.82) is 0 Å². The summed E-state index contributed by atoms with van der Waals surface area (Å²) in [4.78, 5) is 22.0. The number of nitro groups is 1. The number of carbonyl (C=O) groups excluding carboxylic acids is 1. The number of anilines is 1. The number of nitrogens with one attached hydrogen (secondary N) is 1. The Hall–Kier alpha value is -3.15. The molecule has 6 nitrogen and oxygen atoms in total. The van der Waals surface area contributed by atoms with Crippen LogP contribution in [0.25, 0.3) is 6.08 Å². The SMILES string of the molecule is COC(=O)/C=C/c1ccc(N[C@@H](C)c2ccccc2)c([N+](=O)[O-])c1. The van der Waals surface area contributed by atoms with Crippen molar-refractivity contribution in [3.8, 4) is 0 Å². The molecule has 0 aliphatic carbocycles. The van der Waals surface area contributed by atoms with Gasteiger partial charge < -0.3 is 10.1 Å². The van der Waals surface area contributed by atoms with E-state index in [9.17, 15) is 14.9 Å². The van der Waals surface area contributed by atoms with E-state index in [1.165, 1.54) is 25.3 Å². The Bertz CT molecular complexity index is 757. The molecule has 0 unspecified atom stereocenters. The van der Waals surface area contributed by atoms with Crippen LogP contribution >= 0.6 is 0 Å². The lowest BCUT2D eigenvalue weighted by Crippen LogP contribution is -2.08. The Kier molecular flexibility index (Phi) is 5.68. The Balaban J connectivity index is 2.25. The van der Waals surface area contributed by atoms with Crippen molar-refractivity contribution in [1.82, 2.24) is 0 Å². The Morgan fingerprint density at radius 3 is 2.58 bits per heavy atom. The van der Waals surface area contributed by atoms with Crippen LogP contribution in [0.4, 0.5) is 11.4 Å². The molecule has 0 heterocycles. The fraction of sp³-hybridized carbons (Fsp3) is 0.167. The first kappa shape index (κ1) is 17.2. The van der Waals surface area contributed by atoms with Crippen LogP contribution in [-0.4, -0.2) is 18.0 Å². The number of ether oxygens (including phenoxy) is 1. The van der Waals surface area contributed by atoms with E-state index in [1.807, 2.05) is 37.3 Å². The summed E-state index contributed by atoms with van der Waals surface area (Å²) in [6.07, 6.45) is 2.70. The maximum Gasteiger partial charge on any atom is 0.330 e. The van der Waals surface area contributed by atoms with E-state index < -0.39 is 10.9 Å². The predicted molar refractivity (Wildman–Crippen MR) is 92.6 cm³/mol. The molecule has 0 bridgehead atoms. The lowest BCUT2D eigenvalue weighted by Gasteiger charge is -2.16. The van der Waals surface area contributed by atoms with Crippen LogP contribution in [0.3, 0.4) is 0 Å². The molecular formula is C18H18N2O4. The summed E-state index contributed by atoms with van der Waals surface area (Å²) in [5.41, 5.74) is 1.95. The third-order valence-electron chi connectivity index (χ3n) is 3.50. The first-order chi connectivity index (χ1) is 11.5. The highest BCUT2D eigenvalue weighted by atomic mass is 16.6. The van der Waals surface area contributed by atoms with Gasteiger partial charge in [-0.05, 0) is 30.2 Å². The molecule has 0 spiro atoms. The van der Waals surface area contributed by atoms with Gasteiger partial charge in [0.1, 0.15) is 5.69 Å². The van der Waals surface area contributed by atoms with E-state index in [1.54, 1.807) is 12.1 Å². The largest absolute Gasteiger partial charge is 0.466 e. The average Bonchev–Trinajstić information content (AvgIpc) is 2.60. The summed E-state index contributed by atoms with van der Waals surface area (Å²) in [5, 5.41) is 14.5. The Morgan fingerprint density at radius 1 is 1.25 bits per heavy atom. The highest BCUT2D eigenvalue weighted by Crippen LogP contribution is 2.29. The monoisotopic (exact) mass is 326 g/mol. The molecule has 124 valence electrons. The van der Waals surface area contributed by atoms with Crippen LogP contribution in [0.1, 0.15) is 24.1 Å². The number of esters is 1. The zero-order valence-electron chi connectivity index (χ0n) is 13.4.